The summed E-state index contributed by atoms with van der Waals surface area (Å²) in [7, 11) is 2.18. The topological polar surface area (TPSA) is 20.3 Å². The van der Waals surface area contributed by atoms with Crippen molar-refractivity contribution < 1.29 is 4.79 Å². The Labute approximate surface area is 73.9 Å². The first-order valence-corrected chi connectivity index (χ1v) is 4.94. The predicted molar refractivity (Wildman–Crippen MR) is 48.0 cm³/mol. The number of carbonyl (C=O) groups is 1. The lowest BCUT2D eigenvalue weighted by Crippen LogP contribution is -2.31. The Morgan fingerprint density at radius 3 is 2.17 bits per heavy atom. The van der Waals surface area contributed by atoms with Gasteiger partial charge in [0.05, 0.1) is 0 Å². The highest BCUT2D eigenvalue weighted by Gasteiger charge is 2.29. The van der Waals surface area contributed by atoms with Crippen LogP contribution in [0.1, 0.15) is 25.7 Å². The van der Waals surface area contributed by atoms with Gasteiger partial charge < -0.3 is 4.90 Å². The number of rotatable bonds is 0. The van der Waals surface area contributed by atoms with E-state index in [-0.39, 0.29) is 0 Å². The van der Waals surface area contributed by atoms with E-state index in [9.17, 15) is 4.79 Å². The minimum atomic E-state index is 0.510. The summed E-state index contributed by atoms with van der Waals surface area (Å²) in [5, 5.41) is 0. The Morgan fingerprint density at radius 1 is 1.17 bits per heavy atom. The quantitative estimate of drug-likeness (QED) is 0.542. The van der Waals surface area contributed by atoms with Gasteiger partial charge in [-0.2, -0.15) is 0 Å². The van der Waals surface area contributed by atoms with Crippen LogP contribution in [0.2, 0.25) is 0 Å². The van der Waals surface area contributed by atoms with E-state index < -0.39 is 0 Å². The van der Waals surface area contributed by atoms with E-state index in [0.29, 0.717) is 17.6 Å². The summed E-state index contributed by atoms with van der Waals surface area (Å²) in [6, 6.07) is 0. The van der Waals surface area contributed by atoms with Crippen LogP contribution in [0.3, 0.4) is 0 Å². The van der Waals surface area contributed by atoms with Crippen molar-refractivity contribution in [2.75, 3.05) is 20.1 Å². The summed E-state index contributed by atoms with van der Waals surface area (Å²) >= 11 is 0. The zero-order chi connectivity index (χ0) is 8.55. The number of Topliss-reactive ketones (excluding diaryl/α,β-unsaturated/α-hetero) is 1. The Kier molecular flexibility index (Phi) is 2.18. The molecule has 2 unspecified atom stereocenters. The minimum absolute atomic E-state index is 0.510. The first-order chi connectivity index (χ1) is 5.74. The molecule has 0 spiro atoms. The molecule has 1 saturated heterocycles. The molecule has 1 aliphatic heterocycles. The maximum Gasteiger partial charge on any atom is 0.133 e. The molecule has 0 aromatic heterocycles. The third-order valence-corrected chi connectivity index (χ3v) is 3.16. The van der Waals surface area contributed by atoms with Gasteiger partial charge in [0, 0.05) is 25.9 Å². The van der Waals surface area contributed by atoms with Crippen LogP contribution in [-0.4, -0.2) is 30.8 Å². The van der Waals surface area contributed by atoms with Gasteiger partial charge in [-0.1, -0.05) is 0 Å². The van der Waals surface area contributed by atoms with Crippen LogP contribution in [0, 0.1) is 11.8 Å². The van der Waals surface area contributed by atoms with Gasteiger partial charge in [0.25, 0.3) is 0 Å². The largest absolute Gasteiger partial charge is 0.306 e. The maximum atomic E-state index is 11.4. The van der Waals surface area contributed by atoms with Crippen LogP contribution in [0.25, 0.3) is 0 Å². The second kappa shape index (κ2) is 3.17. The zero-order valence-electron chi connectivity index (χ0n) is 7.75. The number of hydrogen-bond donors (Lipinski definition) is 0. The molecule has 12 heavy (non-hydrogen) atoms. The van der Waals surface area contributed by atoms with Crippen molar-refractivity contribution in [1.82, 2.24) is 4.90 Å². The van der Waals surface area contributed by atoms with Gasteiger partial charge in [-0.15, -0.1) is 0 Å². The van der Waals surface area contributed by atoms with E-state index >= 15 is 0 Å². The molecule has 2 heteroatoms. The first kappa shape index (κ1) is 8.24. The molecule has 68 valence electrons. The van der Waals surface area contributed by atoms with Gasteiger partial charge >= 0.3 is 0 Å². The van der Waals surface area contributed by atoms with Crippen LogP contribution in [0.5, 0.6) is 0 Å². The third-order valence-electron chi connectivity index (χ3n) is 3.16. The summed E-state index contributed by atoms with van der Waals surface area (Å²) in [5.41, 5.74) is 0. The van der Waals surface area contributed by atoms with Gasteiger partial charge in [0.2, 0.25) is 0 Å². The SMILES string of the molecule is CN1CC2CCC(CC(=O)C2)C1. The second-order valence-electron chi connectivity index (χ2n) is 4.48. The van der Waals surface area contributed by atoms with Crippen molar-refractivity contribution in [3.05, 3.63) is 0 Å². The summed E-state index contributed by atoms with van der Waals surface area (Å²) in [6.07, 6.45) is 4.25. The lowest BCUT2D eigenvalue weighted by Gasteiger charge is -2.23. The highest BCUT2D eigenvalue weighted by Crippen LogP contribution is 2.29. The molecule has 2 atom stereocenters. The average Bonchev–Trinajstić information content (AvgIpc) is 2.18. The third kappa shape index (κ3) is 1.69. The summed E-state index contributed by atoms with van der Waals surface area (Å²) in [4.78, 5) is 13.8. The number of likely N-dealkylation sites (tertiary alicyclic amines) is 1. The van der Waals surface area contributed by atoms with Crippen LogP contribution < -0.4 is 0 Å². The monoisotopic (exact) mass is 167 g/mol. The molecule has 2 nitrogen and oxygen atoms in total. The Morgan fingerprint density at radius 2 is 1.67 bits per heavy atom. The molecule has 0 radical (unpaired) electrons. The van der Waals surface area contributed by atoms with Gasteiger partial charge in [0.15, 0.2) is 0 Å². The predicted octanol–water partition coefficient (Wildman–Crippen LogP) is 1.31. The highest BCUT2D eigenvalue weighted by atomic mass is 16.1. The minimum Gasteiger partial charge on any atom is -0.306 e. The van der Waals surface area contributed by atoms with E-state index in [0.717, 1.165) is 25.9 Å². The molecule has 0 N–H and O–H groups in total. The van der Waals surface area contributed by atoms with Gasteiger partial charge in [-0.3, -0.25) is 4.79 Å². The molecular weight excluding hydrogens is 150 g/mol. The van der Waals surface area contributed by atoms with E-state index in [4.69, 9.17) is 0 Å². The van der Waals surface area contributed by atoms with Crippen molar-refractivity contribution in [2.45, 2.75) is 25.7 Å². The zero-order valence-corrected chi connectivity index (χ0v) is 7.75. The second-order valence-corrected chi connectivity index (χ2v) is 4.48. The van der Waals surface area contributed by atoms with Crippen molar-refractivity contribution >= 4 is 5.78 Å². The number of ketones is 1. The molecule has 0 aromatic rings. The van der Waals surface area contributed by atoms with Gasteiger partial charge in [0.1, 0.15) is 5.78 Å². The summed E-state index contributed by atoms with van der Waals surface area (Å²) in [5.74, 6) is 1.83. The van der Waals surface area contributed by atoms with Crippen molar-refractivity contribution in [1.29, 1.82) is 0 Å². The van der Waals surface area contributed by atoms with Crippen molar-refractivity contribution in [3.63, 3.8) is 0 Å². The molecule has 2 aliphatic rings. The van der Waals surface area contributed by atoms with E-state index in [2.05, 4.69) is 11.9 Å². The van der Waals surface area contributed by atoms with Crippen LogP contribution in [-0.2, 0) is 4.79 Å². The van der Waals surface area contributed by atoms with Crippen LogP contribution in [0.4, 0.5) is 0 Å². The molecule has 2 fully saturated rings. The molecule has 1 heterocycles. The smallest absolute Gasteiger partial charge is 0.133 e. The van der Waals surface area contributed by atoms with Crippen molar-refractivity contribution in [2.24, 2.45) is 11.8 Å². The maximum absolute atomic E-state index is 11.4. The van der Waals surface area contributed by atoms with Crippen molar-refractivity contribution in [3.8, 4) is 0 Å². The number of hydrogen-bond acceptors (Lipinski definition) is 2. The van der Waals surface area contributed by atoms with E-state index in [1.807, 2.05) is 0 Å². The molecule has 2 bridgehead atoms. The molecule has 2 rings (SSSR count). The molecule has 1 aliphatic carbocycles. The molecule has 0 aromatic carbocycles. The number of carbonyl (C=O) groups excluding carboxylic acids is 1. The Bertz CT molecular complexity index is 172. The fourth-order valence-corrected chi connectivity index (χ4v) is 2.67. The Hall–Kier alpha value is -0.370. The van der Waals surface area contributed by atoms with E-state index in [1.165, 1.54) is 12.8 Å². The average molecular weight is 167 g/mol. The number of fused-ring (bicyclic) bond motifs is 3. The lowest BCUT2D eigenvalue weighted by atomic mass is 9.99. The Balaban J connectivity index is 2.12. The fourth-order valence-electron chi connectivity index (χ4n) is 2.67. The molecule has 0 amide bonds. The highest BCUT2D eigenvalue weighted by molar-refractivity contribution is 5.79. The van der Waals surface area contributed by atoms with Gasteiger partial charge in [-0.05, 0) is 31.7 Å². The molecule has 1 saturated carbocycles. The van der Waals surface area contributed by atoms with Crippen LogP contribution in [0.15, 0.2) is 0 Å². The first-order valence-electron chi connectivity index (χ1n) is 4.94. The fraction of sp³-hybridized carbons (Fsp3) is 0.900. The van der Waals surface area contributed by atoms with Crippen LogP contribution >= 0.6 is 0 Å². The summed E-state index contributed by atoms with van der Waals surface area (Å²) in [6.45, 7) is 2.28. The normalized spacial score (nSPS) is 37.9. The number of nitrogens with zero attached hydrogens (tertiary/aromatic N) is 1. The van der Waals surface area contributed by atoms with E-state index in [1.54, 1.807) is 0 Å². The lowest BCUT2D eigenvalue weighted by molar-refractivity contribution is -0.121. The standard InChI is InChI=1S/C10H17NO/c1-11-6-8-2-3-9(7-11)5-10(12)4-8/h8-9H,2-7H2,1H3. The molecular formula is C10H17NO. The summed E-state index contributed by atoms with van der Waals surface area (Å²) < 4.78 is 0. The van der Waals surface area contributed by atoms with Gasteiger partial charge in [-0.25, -0.2) is 0 Å².